The second-order valence-corrected chi connectivity index (χ2v) is 9.58. The average Bonchev–Trinajstić information content (AvgIpc) is 3.47. The number of para-hydroxylation sites is 1. The molecule has 10 heteroatoms. The summed E-state index contributed by atoms with van der Waals surface area (Å²) < 4.78 is 1.93. The van der Waals surface area contributed by atoms with Crippen molar-refractivity contribution in [2.24, 2.45) is 5.10 Å². The van der Waals surface area contributed by atoms with E-state index >= 15 is 0 Å². The molecule has 0 spiro atoms. The van der Waals surface area contributed by atoms with Gasteiger partial charge in [0.1, 0.15) is 0 Å². The zero-order chi connectivity index (χ0) is 23.2. The molecule has 1 amide bonds. The summed E-state index contributed by atoms with van der Waals surface area (Å²) >= 11 is 8.70. The molecule has 0 fully saturated rings. The molecule has 2 heterocycles. The molecule has 33 heavy (non-hydrogen) atoms. The van der Waals surface area contributed by atoms with Crippen molar-refractivity contribution in [1.82, 2.24) is 25.2 Å². The molecule has 0 radical (unpaired) electrons. The van der Waals surface area contributed by atoms with Crippen LogP contribution >= 0.6 is 34.7 Å². The van der Waals surface area contributed by atoms with Gasteiger partial charge in [-0.1, -0.05) is 67.5 Å². The molecule has 168 valence electrons. The van der Waals surface area contributed by atoms with Gasteiger partial charge in [0.2, 0.25) is 0 Å². The third-order valence-electron chi connectivity index (χ3n) is 4.56. The number of hydrogen-bond acceptors (Lipinski definition) is 7. The number of nitrogens with one attached hydrogen (secondary N) is 1. The summed E-state index contributed by atoms with van der Waals surface area (Å²) in [6, 6.07) is 17.0. The van der Waals surface area contributed by atoms with E-state index in [1.807, 2.05) is 52.4 Å². The second kappa shape index (κ2) is 10.7. The number of nitrogens with zero attached hydrogens (tertiary/aromatic N) is 5. The van der Waals surface area contributed by atoms with Crippen molar-refractivity contribution in [2.45, 2.75) is 24.9 Å². The van der Waals surface area contributed by atoms with Gasteiger partial charge in [-0.15, -0.1) is 21.5 Å². The minimum Gasteiger partial charge on any atom is -0.272 e. The third-order valence-corrected chi connectivity index (χ3v) is 6.60. The number of aromatic nitrogens is 4. The summed E-state index contributed by atoms with van der Waals surface area (Å²) in [5.41, 5.74) is 5.30. The highest BCUT2D eigenvalue weighted by atomic mass is 35.5. The smallest absolute Gasteiger partial charge is 0.250 e. The fourth-order valence-electron chi connectivity index (χ4n) is 2.86. The maximum Gasteiger partial charge on any atom is 0.250 e. The molecule has 0 unspecified atom stereocenters. The molecular formula is C23H21ClN6OS2. The lowest BCUT2D eigenvalue weighted by Gasteiger charge is -2.08. The molecule has 4 rings (SSSR count). The maximum atomic E-state index is 12.3. The van der Waals surface area contributed by atoms with Crippen molar-refractivity contribution in [3.8, 4) is 16.5 Å². The highest BCUT2D eigenvalue weighted by Crippen LogP contribution is 2.31. The summed E-state index contributed by atoms with van der Waals surface area (Å²) in [6.07, 6.45) is 1.57. The van der Waals surface area contributed by atoms with Gasteiger partial charge in [-0.25, -0.2) is 10.4 Å². The number of amides is 1. The molecule has 0 bridgehead atoms. The molecule has 0 aliphatic heterocycles. The van der Waals surface area contributed by atoms with Crippen molar-refractivity contribution >= 4 is 46.8 Å². The molecule has 1 N–H and O–H groups in total. The van der Waals surface area contributed by atoms with Crippen molar-refractivity contribution in [1.29, 1.82) is 0 Å². The topological polar surface area (TPSA) is 85.1 Å². The van der Waals surface area contributed by atoms with Crippen LogP contribution in [-0.4, -0.2) is 37.6 Å². The molecule has 7 nitrogen and oxygen atoms in total. The normalized spacial score (nSPS) is 11.4. The Labute approximate surface area is 204 Å². The largest absolute Gasteiger partial charge is 0.272 e. The highest BCUT2D eigenvalue weighted by Gasteiger charge is 2.20. The fourth-order valence-corrected chi connectivity index (χ4v) is 4.68. The molecule has 4 aromatic rings. The molecular weight excluding hydrogens is 476 g/mol. The first-order valence-corrected chi connectivity index (χ1v) is 12.4. The standard InChI is InChI=1S/C23H21ClN6OS2/c1-15(2)19-13-32-22(26-19)21-28-29-23(30(21)18-6-4-3-5-7-18)33-14-20(31)27-25-12-16-8-10-17(24)11-9-16/h3-13,15H,14H2,1-2H3,(H,27,31)/b25-12+. The first kappa shape index (κ1) is 23.2. The van der Waals surface area contributed by atoms with Gasteiger partial charge in [0.05, 0.1) is 17.7 Å². The van der Waals surface area contributed by atoms with Crippen LogP contribution in [0, 0.1) is 0 Å². The number of hydrazone groups is 1. The Hall–Kier alpha value is -3.01. The Morgan fingerprint density at radius 1 is 1.18 bits per heavy atom. The molecule has 2 aromatic carbocycles. The Morgan fingerprint density at radius 2 is 1.94 bits per heavy atom. The number of thiazole rings is 1. The average molecular weight is 497 g/mol. The number of rotatable bonds is 8. The first-order chi connectivity index (χ1) is 16.0. The van der Waals surface area contributed by atoms with E-state index in [9.17, 15) is 4.79 Å². The van der Waals surface area contributed by atoms with Crippen LogP contribution in [-0.2, 0) is 4.79 Å². The summed E-state index contributed by atoms with van der Waals surface area (Å²) in [5.74, 6) is 0.874. The van der Waals surface area contributed by atoms with Gasteiger partial charge < -0.3 is 0 Å². The van der Waals surface area contributed by atoms with Crippen molar-refractivity contribution < 1.29 is 4.79 Å². The van der Waals surface area contributed by atoms with E-state index in [4.69, 9.17) is 16.6 Å². The van der Waals surface area contributed by atoms with Crippen LogP contribution in [0.4, 0.5) is 0 Å². The highest BCUT2D eigenvalue weighted by molar-refractivity contribution is 7.99. The summed E-state index contributed by atoms with van der Waals surface area (Å²) in [5, 5.41) is 16.8. The first-order valence-electron chi connectivity index (χ1n) is 10.2. The lowest BCUT2D eigenvalue weighted by atomic mass is 10.2. The van der Waals surface area contributed by atoms with Crippen LogP contribution < -0.4 is 5.43 Å². The Kier molecular flexibility index (Phi) is 7.54. The quantitative estimate of drug-likeness (QED) is 0.200. The van der Waals surface area contributed by atoms with Gasteiger partial charge in [-0.05, 0) is 35.7 Å². The van der Waals surface area contributed by atoms with Crippen molar-refractivity contribution in [3.05, 3.63) is 76.3 Å². The van der Waals surface area contributed by atoms with Crippen LogP contribution in [0.1, 0.15) is 31.0 Å². The predicted octanol–water partition coefficient (Wildman–Crippen LogP) is 5.41. The van der Waals surface area contributed by atoms with Gasteiger partial charge in [0, 0.05) is 16.1 Å². The molecule has 0 saturated carbocycles. The molecule has 0 aliphatic rings. The van der Waals surface area contributed by atoms with E-state index in [1.54, 1.807) is 18.3 Å². The molecule has 0 atom stereocenters. The Bertz CT molecular complexity index is 1250. The van der Waals surface area contributed by atoms with E-state index in [0.717, 1.165) is 22.0 Å². The molecule has 2 aromatic heterocycles. The summed E-state index contributed by atoms with van der Waals surface area (Å²) in [6.45, 7) is 4.21. The van der Waals surface area contributed by atoms with Crippen LogP contribution in [0.15, 0.2) is 70.2 Å². The minimum absolute atomic E-state index is 0.137. The van der Waals surface area contributed by atoms with E-state index in [0.29, 0.717) is 21.9 Å². The van der Waals surface area contributed by atoms with Gasteiger partial charge in [0.25, 0.3) is 5.91 Å². The maximum absolute atomic E-state index is 12.3. The van der Waals surface area contributed by atoms with Gasteiger partial charge >= 0.3 is 0 Å². The number of hydrogen-bond donors (Lipinski definition) is 1. The number of carbonyl (C=O) groups is 1. The number of benzene rings is 2. The van der Waals surface area contributed by atoms with Crippen LogP contribution in [0.2, 0.25) is 5.02 Å². The Balaban J connectivity index is 1.49. The van der Waals surface area contributed by atoms with E-state index in [1.165, 1.54) is 23.1 Å². The van der Waals surface area contributed by atoms with Crippen molar-refractivity contribution in [2.75, 3.05) is 5.75 Å². The van der Waals surface area contributed by atoms with Gasteiger partial charge in [0.15, 0.2) is 16.0 Å². The van der Waals surface area contributed by atoms with E-state index in [-0.39, 0.29) is 11.7 Å². The zero-order valence-corrected chi connectivity index (χ0v) is 20.4. The summed E-state index contributed by atoms with van der Waals surface area (Å²) in [7, 11) is 0. The lowest BCUT2D eigenvalue weighted by Crippen LogP contribution is -2.20. The number of carbonyl (C=O) groups excluding carboxylic acids is 1. The number of thioether (sulfide) groups is 1. The molecule has 0 aliphatic carbocycles. The third kappa shape index (κ3) is 5.87. The summed E-state index contributed by atoms with van der Waals surface area (Å²) in [4.78, 5) is 17.1. The zero-order valence-electron chi connectivity index (χ0n) is 18.0. The van der Waals surface area contributed by atoms with Crippen LogP contribution in [0.5, 0.6) is 0 Å². The van der Waals surface area contributed by atoms with Crippen LogP contribution in [0.3, 0.4) is 0 Å². The fraction of sp³-hybridized carbons (Fsp3) is 0.174. The second-order valence-electron chi connectivity index (χ2n) is 7.34. The predicted molar refractivity (Wildman–Crippen MR) is 134 cm³/mol. The SMILES string of the molecule is CC(C)c1csc(-c2nnc(SCC(=O)N/N=C/c3ccc(Cl)cc3)n2-c2ccccc2)n1. The monoisotopic (exact) mass is 496 g/mol. The van der Waals surface area contributed by atoms with Crippen molar-refractivity contribution in [3.63, 3.8) is 0 Å². The number of halogens is 1. The van der Waals surface area contributed by atoms with E-state index < -0.39 is 0 Å². The minimum atomic E-state index is -0.245. The molecule has 0 saturated heterocycles. The Morgan fingerprint density at radius 3 is 2.64 bits per heavy atom. The van der Waals surface area contributed by atoms with Gasteiger partial charge in [-0.2, -0.15) is 5.10 Å². The van der Waals surface area contributed by atoms with Gasteiger partial charge in [-0.3, -0.25) is 9.36 Å². The van der Waals surface area contributed by atoms with E-state index in [2.05, 4.69) is 34.6 Å². The lowest BCUT2D eigenvalue weighted by molar-refractivity contribution is -0.118. The van der Waals surface area contributed by atoms with Crippen LogP contribution in [0.25, 0.3) is 16.5 Å².